The van der Waals surface area contributed by atoms with Crippen LogP contribution in [0.2, 0.25) is 0 Å². The molecule has 2 unspecified atom stereocenters. The molecule has 1 aliphatic rings. The molecular weight excluding hydrogens is 381 g/mol. The number of carbonyl (C=O) groups excluding carboxylic acids is 2. The Kier molecular flexibility index (Phi) is 7.96. The number of anilines is 1. The highest BCUT2D eigenvalue weighted by Gasteiger charge is 2.19. The molecule has 2 aromatic carbocycles. The second kappa shape index (κ2) is 10.2. The summed E-state index contributed by atoms with van der Waals surface area (Å²) in [6, 6.07) is 12.9. The molecule has 1 heterocycles. The fourth-order valence-corrected chi connectivity index (χ4v) is 3.20. The zero-order valence-electron chi connectivity index (χ0n) is 15.7. The van der Waals surface area contributed by atoms with Crippen molar-refractivity contribution in [1.82, 2.24) is 10.6 Å². The summed E-state index contributed by atoms with van der Waals surface area (Å²) < 4.78 is 12.9. The molecular formula is C21H25ClFN3O2. The molecule has 1 saturated heterocycles. The fourth-order valence-electron chi connectivity index (χ4n) is 3.20. The largest absolute Gasteiger partial charge is 0.350 e. The van der Waals surface area contributed by atoms with Crippen LogP contribution >= 0.6 is 12.4 Å². The maximum absolute atomic E-state index is 12.9. The van der Waals surface area contributed by atoms with Crippen molar-refractivity contribution >= 4 is 29.9 Å². The first-order chi connectivity index (χ1) is 13.0. The maximum atomic E-state index is 12.9. The van der Waals surface area contributed by atoms with E-state index in [1.807, 2.05) is 19.1 Å². The second-order valence-electron chi connectivity index (χ2n) is 6.87. The third kappa shape index (κ3) is 6.04. The summed E-state index contributed by atoms with van der Waals surface area (Å²) in [6.07, 6.45) is 2.67. The molecule has 28 heavy (non-hydrogen) atoms. The first kappa shape index (κ1) is 21.9. The lowest BCUT2D eigenvalue weighted by molar-refractivity contribution is -0.122. The minimum absolute atomic E-state index is 0. The van der Waals surface area contributed by atoms with Gasteiger partial charge in [0.25, 0.3) is 5.91 Å². The predicted octanol–water partition coefficient (Wildman–Crippen LogP) is 3.82. The van der Waals surface area contributed by atoms with Crippen molar-refractivity contribution in [2.45, 2.75) is 38.3 Å². The monoisotopic (exact) mass is 405 g/mol. The number of benzene rings is 2. The van der Waals surface area contributed by atoms with E-state index in [9.17, 15) is 14.0 Å². The molecule has 150 valence electrons. The Morgan fingerprint density at radius 1 is 1.14 bits per heavy atom. The van der Waals surface area contributed by atoms with Crippen molar-refractivity contribution in [1.29, 1.82) is 0 Å². The number of hydrogen-bond donors (Lipinski definition) is 3. The molecule has 0 bridgehead atoms. The van der Waals surface area contributed by atoms with Gasteiger partial charge in [-0.2, -0.15) is 0 Å². The lowest BCUT2D eigenvalue weighted by atomic mass is 10.1. The van der Waals surface area contributed by atoms with Gasteiger partial charge in [0.2, 0.25) is 5.91 Å². The van der Waals surface area contributed by atoms with E-state index in [0.29, 0.717) is 17.7 Å². The summed E-state index contributed by atoms with van der Waals surface area (Å²) in [5, 5.41) is 9.11. The Bertz CT molecular complexity index is 790. The highest BCUT2D eigenvalue weighted by Crippen LogP contribution is 2.18. The molecule has 1 aliphatic heterocycles. The Morgan fingerprint density at radius 2 is 1.82 bits per heavy atom. The molecule has 1 fully saturated rings. The Morgan fingerprint density at radius 3 is 2.43 bits per heavy atom. The molecule has 2 aromatic rings. The van der Waals surface area contributed by atoms with Gasteiger partial charge in [0.05, 0.1) is 6.04 Å². The standard InChI is InChI=1S/C21H24FN3O2.ClH/c1-14(24-20(26)13-19-3-2-12-23-19)15-6-10-18(11-7-15)25-21(27)16-4-8-17(22)9-5-16;/h4-11,14,19,23H,2-3,12-13H2,1H3,(H,24,26)(H,25,27);1H. The highest BCUT2D eigenvalue weighted by molar-refractivity contribution is 6.04. The zero-order valence-corrected chi connectivity index (χ0v) is 16.5. The van der Waals surface area contributed by atoms with Gasteiger partial charge in [0.15, 0.2) is 0 Å². The van der Waals surface area contributed by atoms with Crippen LogP contribution in [0.4, 0.5) is 10.1 Å². The van der Waals surface area contributed by atoms with E-state index >= 15 is 0 Å². The first-order valence-electron chi connectivity index (χ1n) is 9.21. The van der Waals surface area contributed by atoms with Crippen molar-refractivity contribution < 1.29 is 14.0 Å². The van der Waals surface area contributed by atoms with Gasteiger partial charge in [-0.3, -0.25) is 9.59 Å². The lowest BCUT2D eigenvalue weighted by Gasteiger charge is -2.17. The molecule has 3 N–H and O–H groups in total. The van der Waals surface area contributed by atoms with Crippen molar-refractivity contribution in [2.24, 2.45) is 0 Å². The van der Waals surface area contributed by atoms with E-state index < -0.39 is 0 Å². The van der Waals surface area contributed by atoms with Crippen LogP contribution in [0, 0.1) is 5.82 Å². The average Bonchev–Trinajstić information content (AvgIpc) is 3.15. The van der Waals surface area contributed by atoms with Gasteiger partial charge in [-0.05, 0) is 68.3 Å². The van der Waals surface area contributed by atoms with Crippen molar-refractivity contribution in [3.63, 3.8) is 0 Å². The summed E-state index contributed by atoms with van der Waals surface area (Å²) in [5.41, 5.74) is 1.99. The third-order valence-corrected chi connectivity index (χ3v) is 4.75. The van der Waals surface area contributed by atoms with Crippen molar-refractivity contribution in [2.75, 3.05) is 11.9 Å². The molecule has 0 spiro atoms. The van der Waals surface area contributed by atoms with E-state index in [1.54, 1.807) is 12.1 Å². The minimum atomic E-state index is -0.379. The van der Waals surface area contributed by atoms with Gasteiger partial charge in [0, 0.05) is 23.7 Å². The number of amides is 2. The lowest BCUT2D eigenvalue weighted by Crippen LogP contribution is -2.33. The smallest absolute Gasteiger partial charge is 0.255 e. The van der Waals surface area contributed by atoms with Crippen LogP contribution in [0.15, 0.2) is 48.5 Å². The van der Waals surface area contributed by atoms with Gasteiger partial charge in [-0.15, -0.1) is 12.4 Å². The molecule has 0 aliphatic carbocycles. The van der Waals surface area contributed by atoms with Gasteiger partial charge in [-0.25, -0.2) is 4.39 Å². The number of halogens is 2. The topological polar surface area (TPSA) is 70.2 Å². The Labute approximate surface area is 170 Å². The number of rotatable bonds is 6. The summed E-state index contributed by atoms with van der Waals surface area (Å²) >= 11 is 0. The van der Waals surface area contributed by atoms with E-state index in [4.69, 9.17) is 0 Å². The summed E-state index contributed by atoms with van der Waals surface area (Å²) in [4.78, 5) is 24.3. The fraction of sp³-hybridized carbons (Fsp3) is 0.333. The zero-order chi connectivity index (χ0) is 19.2. The SMILES string of the molecule is CC(NC(=O)CC1CCCN1)c1ccc(NC(=O)c2ccc(F)cc2)cc1.Cl. The summed E-state index contributed by atoms with van der Waals surface area (Å²) in [7, 11) is 0. The normalized spacial score (nSPS) is 16.7. The van der Waals surface area contributed by atoms with Gasteiger partial charge in [-0.1, -0.05) is 12.1 Å². The van der Waals surface area contributed by atoms with Crippen molar-refractivity contribution in [3.8, 4) is 0 Å². The van der Waals surface area contributed by atoms with Gasteiger partial charge < -0.3 is 16.0 Å². The molecule has 0 saturated carbocycles. The molecule has 3 rings (SSSR count). The van der Waals surface area contributed by atoms with Crippen LogP contribution < -0.4 is 16.0 Å². The van der Waals surface area contributed by atoms with E-state index in [0.717, 1.165) is 24.9 Å². The minimum Gasteiger partial charge on any atom is -0.350 e. The van der Waals surface area contributed by atoms with E-state index in [1.165, 1.54) is 24.3 Å². The van der Waals surface area contributed by atoms with Crippen LogP contribution in [-0.2, 0) is 4.79 Å². The van der Waals surface area contributed by atoms with E-state index in [2.05, 4.69) is 16.0 Å². The molecule has 5 nitrogen and oxygen atoms in total. The van der Waals surface area contributed by atoms with Crippen molar-refractivity contribution in [3.05, 3.63) is 65.5 Å². The Balaban J connectivity index is 0.00000280. The van der Waals surface area contributed by atoms with Crippen LogP contribution in [-0.4, -0.2) is 24.4 Å². The summed E-state index contributed by atoms with van der Waals surface area (Å²) in [6.45, 7) is 2.92. The number of carbonyl (C=O) groups is 2. The van der Waals surface area contributed by atoms with Gasteiger partial charge in [0.1, 0.15) is 5.82 Å². The van der Waals surface area contributed by atoms with Crippen LogP contribution in [0.3, 0.4) is 0 Å². The average molecular weight is 406 g/mol. The molecule has 2 atom stereocenters. The first-order valence-corrected chi connectivity index (χ1v) is 9.21. The quantitative estimate of drug-likeness (QED) is 0.684. The van der Waals surface area contributed by atoms with Crippen LogP contribution in [0.5, 0.6) is 0 Å². The number of nitrogens with one attached hydrogen (secondary N) is 3. The Hall–Kier alpha value is -2.44. The van der Waals surface area contributed by atoms with E-state index in [-0.39, 0.29) is 42.1 Å². The molecule has 2 amide bonds. The molecule has 0 radical (unpaired) electrons. The van der Waals surface area contributed by atoms with Gasteiger partial charge >= 0.3 is 0 Å². The molecule has 7 heteroatoms. The second-order valence-corrected chi connectivity index (χ2v) is 6.87. The summed E-state index contributed by atoms with van der Waals surface area (Å²) in [5.74, 6) is -0.639. The number of hydrogen-bond acceptors (Lipinski definition) is 3. The highest BCUT2D eigenvalue weighted by atomic mass is 35.5. The maximum Gasteiger partial charge on any atom is 0.255 e. The molecule has 0 aromatic heterocycles. The third-order valence-electron chi connectivity index (χ3n) is 4.75. The predicted molar refractivity (Wildman–Crippen MR) is 110 cm³/mol. The van der Waals surface area contributed by atoms with Crippen LogP contribution in [0.1, 0.15) is 48.1 Å². The van der Waals surface area contributed by atoms with Crippen LogP contribution in [0.25, 0.3) is 0 Å².